The van der Waals surface area contributed by atoms with E-state index in [-0.39, 0.29) is 0 Å². The lowest BCUT2D eigenvalue weighted by Gasteiger charge is -2.05. The van der Waals surface area contributed by atoms with Gasteiger partial charge in [-0.3, -0.25) is 0 Å². The minimum atomic E-state index is 0.838. The van der Waals surface area contributed by atoms with Crippen LogP contribution < -0.4 is 5.32 Å². The van der Waals surface area contributed by atoms with E-state index in [2.05, 4.69) is 5.32 Å². The fraction of sp³-hybridized carbons (Fsp3) is 1.00. The van der Waals surface area contributed by atoms with Gasteiger partial charge in [-0.2, -0.15) is 0 Å². The van der Waals surface area contributed by atoms with Crippen LogP contribution in [-0.4, -0.2) is 39.5 Å². The fourth-order valence-corrected chi connectivity index (χ4v) is 1.32. The van der Waals surface area contributed by atoms with Crippen LogP contribution in [0.2, 0.25) is 0 Å². The average Bonchev–Trinajstić information content (AvgIpc) is 2.26. The zero-order chi connectivity index (χ0) is 11.2. The summed E-state index contributed by atoms with van der Waals surface area (Å²) in [4.78, 5) is 0. The molecule has 0 spiro atoms. The molecule has 0 radical (unpaired) electrons. The Kier molecular flexibility index (Phi) is 13.8. The van der Waals surface area contributed by atoms with Crippen molar-refractivity contribution in [2.24, 2.45) is 0 Å². The number of ether oxygens (including phenoxy) is 2. The number of hydrogen-bond donors (Lipinski definition) is 1. The molecule has 0 atom stereocenters. The lowest BCUT2D eigenvalue weighted by atomic mass is 10.3. The van der Waals surface area contributed by atoms with Crippen LogP contribution >= 0.6 is 0 Å². The van der Waals surface area contributed by atoms with Crippen LogP contribution in [0.1, 0.15) is 39.5 Å². The van der Waals surface area contributed by atoms with Crippen LogP contribution in [-0.2, 0) is 9.47 Å². The van der Waals surface area contributed by atoms with E-state index in [4.69, 9.17) is 9.47 Å². The SMILES string of the molecule is CCOCCCCNCCCCOCC. The van der Waals surface area contributed by atoms with Gasteiger partial charge in [-0.25, -0.2) is 0 Å². The lowest BCUT2D eigenvalue weighted by Crippen LogP contribution is -2.17. The van der Waals surface area contributed by atoms with E-state index in [1.807, 2.05) is 13.8 Å². The van der Waals surface area contributed by atoms with Gasteiger partial charge < -0.3 is 14.8 Å². The van der Waals surface area contributed by atoms with Gasteiger partial charge in [-0.15, -0.1) is 0 Å². The molecule has 92 valence electrons. The molecule has 0 rings (SSSR count). The maximum atomic E-state index is 5.26. The zero-order valence-corrected chi connectivity index (χ0v) is 10.4. The summed E-state index contributed by atoms with van der Waals surface area (Å²) >= 11 is 0. The quantitative estimate of drug-likeness (QED) is 0.508. The number of unbranched alkanes of at least 4 members (excludes halogenated alkanes) is 2. The minimum absolute atomic E-state index is 0.838. The Morgan fingerprint density at radius 2 is 1.20 bits per heavy atom. The van der Waals surface area contributed by atoms with Gasteiger partial charge in [0.2, 0.25) is 0 Å². The highest BCUT2D eigenvalue weighted by atomic mass is 16.5. The standard InChI is InChI=1S/C12H27NO2/c1-3-14-11-7-5-9-13-10-6-8-12-15-4-2/h13H,3-12H2,1-2H3. The summed E-state index contributed by atoms with van der Waals surface area (Å²) in [7, 11) is 0. The summed E-state index contributed by atoms with van der Waals surface area (Å²) in [6, 6.07) is 0. The summed E-state index contributed by atoms with van der Waals surface area (Å²) in [6.45, 7) is 9.79. The third kappa shape index (κ3) is 13.9. The Labute approximate surface area is 94.5 Å². The first-order chi connectivity index (χ1) is 7.41. The van der Waals surface area contributed by atoms with E-state index in [0.29, 0.717) is 0 Å². The Morgan fingerprint density at radius 3 is 1.60 bits per heavy atom. The Hall–Kier alpha value is -0.120. The van der Waals surface area contributed by atoms with Gasteiger partial charge >= 0.3 is 0 Å². The molecule has 0 amide bonds. The van der Waals surface area contributed by atoms with Gasteiger partial charge in [0.15, 0.2) is 0 Å². The molecular formula is C12H27NO2. The van der Waals surface area contributed by atoms with Crippen LogP contribution in [0.3, 0.4) is 0 Å². The summed E-state index contributed by atoms with van der Waals surface area (Å²) in [5.41, 5.74) is 0. The fourth-order valence-electron chi connectivity index (χ4n) is 1.32. The molecule has 1 N–H and O–H groups in total. The van der Waals surface area contributed by atoms with Gasteiger partial charge in [-0.1, -0.05) is 0 Å². The highest BCUT2D eigenvalue weighted by molar-refractivity contribution is 4.49. The Morgan fingerprint density at radius 1 is 0.733 bits per heavy atom. The molecule has 15 heavy (non-hydrogen) atoms. The number of nitrogens with one attached hydrogen (secondary N) is 1. The Bertz CT molecular complexity index is 97.8. The van der Waals surface area contributed by atoms with E-state index >= 15 is 0 Å². The summed E-state index contributed by atoms with van der Waals surface area (Å²) in [5.74, 6) is 0. The van der Waals surface area contributed by atoms with E-state index in [0.717, 1.165) is 39.5 Å². The molecular weight excluding hydrogens is 190 g/mol. The van der Waals surface area contributed by atoms with Crippen molar-refractivity contribution in [2.75, 3.05) is 39.5 Å². The van der Waals surface area contributed by atoms with E-state index in [1.165, 1.54) is 25.7 Å². The molecule has 0 saturated carbocycles. The second-order valence-electron chi connectivity index (χ2n) is 3.56. The molecule has 0 aliphatic heterocycles. The van der Waals surface area contributed by atoms with Crippen LogP contribution in [0.5, 0.6) is 0 Å². The van der Waals surface area contributed by atoms with Crippen LogP contribution in [0.25, 0.3) is 0 Å². The van der Waals surface area contributed by atoms with Crippen molar-refractivity contribution >= 4 is 0 Å². The Balaban J connectivity index is 2.81. The van der Waals surface area contributed by atoms with Crippen LogP contribution in [0, 0.1) is 0 Å². The van der Waals surface area contributed by atoms with Crippen molar-refractivity contribution in [3.63, 3.8) is 0 Å². The van der Waals surface area contributed by atoms with Crippen molar-refractivity contribution in [2.45, 2.75) is 39.5 Å². The first kappa shape index (κ1) is 14.9. The maximum absolute atomic E-state index is 5.26. The highest BCUT2D eigenvalue weighted by Crippen LogP contribution is 1.90. The molecule has 0 saturated heterocycles. The van der Waals surface area contributed by atoms with E-state index in [1.54, 1.807) is 0 Å². The van der Waals surface area contributed by atoms with Crippen molar-refractivity contribution in [1.82, 2.24) is 5.32 Å². The first-order valence-electron chi connectivity index (χ1n) is 6.28. The molecule has 0 bridgehead atoms. The molecule has 0 fully saturated rings. The highest BCUT2D eigenvalue weighted by Gasteiger charge is 1.90. The summed E-state index contributed by atoms with van der Waals surface area (Å²) in [5, 5.41) is 3.43. The molecule has 3 heteroatoms. The van der Waals surface area contributed by atoms with Gasteiger partial charge in [0.05, 0.1) is 0 Å². The van der Waals surface area contributed by atoms with Crippen molar-refractivity contribution in [3.8, 4) is 0 Å². The van der Waals surface area contributed by atoms with Crippen LogP contribution in [0.15, 0.2) is 0 Å². The molecule has 3 nitrogen and oxygen atoms in total. The van der Waals surface area contributed by atoms with E-state index in [9.17, 15) is 0 Å². The maximum Gasteiger partial charge on any atom is 0.0466 e. The summed E-state index contributed by atoms with van der Waals surface area (Å²) in [6.07, 6.45) is 4.76. The molecule has 0 aromatic rings. The van der Waals surface area contributed by atoms with Crippen molar-refractivity contribution in [3.05, 3.63) is 0 Å². The molecule has 0 aliphatic carbocycles. The number of rotatable bonds is 12. The predicted octanol–water partition coefficient (Wildman–Crippen LogP) is 2.21. The predicted molar refractivity (Wildman–Crippen MR) is 64.3 cm³/mol. The molecule has 0 aromatic heterocycles. The van der Waals surface area contributed by atoms with Gasteiger partial charge in [0.25, 0.3) is 0 Å². The smallest absolute Gasteiger partial charge is 0.0466 e. The van der Waals surface area contributed by atoms with Crippen molar-refractivity contribution in [1.29, 1.82) is 0 Å². The van der Waals surface area contributed by atoms with Gasteiger partial charge in [0.1, 0.15) is 0 Å². The molecule has 0 heterocycles. The monoisotopic (exact) mass is 217 g/mol. The molecule has 0 unspecified atom stereocenters. The van der Waals surface area contributed by atoms with Gasteiger partial charge in [-0.05, 0) is 52.6 Å². The normalized spacial score (nSPS) is 10.8. The average molecular weight is 217 g/mol. The number of hydrogen-bond acceptors (Lipinski definition) is 3. The topological polar surface area (TPSA) is 30.5 Å². The largest absolute Gasteiger partial charge is 0.382 e. The van der Waals surface area contributed by atoms with E-state index < -0.39 is 0 Å². The molecule has 0 aromatic carbocycles. The third-order valence-electron chi connectivity index (χ3n) is 2.19. The lowest BCUT2D eigenvalue weighted by molar-refractivity contribution is 0.142. The minimum Gasteiger partial charge on any atom is -0.382 e. The first-order valence-corrected chi connectivity index (χ1v) is 6.28. The summed E-state index contributed by atoms with van der Waals surface area (Å²) < 4.78 is 10.5. The second-order valence-corrected chi connectivity index (χ2v) is 3.56. The van der Waals surface area contributed by atoms with Crippen LogP contribution in [0.4, 0.5) is 0 Å². The molecule has 0 aliphatic rings. The second kappa shape index (κ2) is 13.9. The van der Waals surface area contributed by atoms with Crippen molar-refractivity contribution < 1.29 is 9.47 Å². The third-order valence-corrected chi connectivity index (χ3v) is 2.19. The van der Waals surface area contributed by atoms with Gasteiger partial charge in [0, 0.05) is 26.4 Å². The zero-order valence-electron chi connectivity index (χ0n) is 10.4.